The second-order valence-corrected chi connectivity index (χ2v) is 7.49. The SMILES string of the molecule is CC(C)(C)C1NC(=O)CN(c2ccc(Cl)cc2I)C1=O. The number of benzene rings is 1. The van der Waals surface area contributed by atoms with Gasteiger partial charge in [0.05, 0.1) is 5.69 Å². The van der Waals surface area contributed by atoms with Crippen LogP contribution in [0.5, 0.6) is 0 Å². The number of anilines is 1. The predicted molar refractivity (Wildman–Crippen MR) is 87.9 cm³/mol. The monoisotopic (exact) mass is 406 g/mol. The summed E-state index contributed by atoms with van der Waals surface area (Å²) in [6.45, 7) is 5.85. The summed E-state index contributed by atoms with van der Waals surface area (Å²) in [5.74, 6) is -0.229. The van der Waals surface area contributed by atoms with Gasteiger partial charge < -0.3 is 10.2 Å². The molecule has 108 valence electrons. The number of halogens is 2. The molecule has 2 amide bonds. The Morgan fingerprint density at radius 3 is 2.55 bits per heavy atom. The third-order valence-electron chi connectivity index (χ3n) is 3.19. The minimum Gasteiger partial charge on any atom is -0.342 e. The van der Waals surface area contributed by atoms with E-state index >= 15 is 0 Å². The summed E-state index contributed by atoms with van der Waals surface area (Å²) in [6.07, 6.45) is 0. The van der Waals surface area contributed by atoms with Crippen LogP contribution in [0, 0.1) is 8.99 Å². The first-order valence-electron chi connectivity index (χ1n) is 6.26. The van der Waals surface area contributed by atoms with Crippen LogP contribution >= 0.6 is 34.2 Å². The zero-order chi connectivity index (χ0) is 15.1. The van der Waals surface area contributed by atoms with Crippen molar-refractivity contribution in [3.05, 3.63) is 26.8 Å². The molecule has 0 radical (unpaired) electrons. The third kappa shape index (κ3) is 3.09. The Kier molecular flexibility index (Phi) is 4.30. The normalized spacial score (nSPS) is 20.1. The van der Waals surface area contributed by atoms with Crippen LogP contribution in [0.25, 0.3) is 0 Å². The summed E-state index contributed by atoms with van der Waals surface area (Å²) < 4.78 is 0.853. The highest BCUT2D eigenvalue weighted by Gasteiger charge is 2.40. The molecule has 4 nitrogen and oxygen atoms in total. The van der Waals surface area contributed by atoms with Crippen LogP contribution in [0.2, 0.25) is 5.02 Å². The molecule has 0 aromatic heterocycles. The van der Waals surface area contributed by atoms with Gasteiger partial charge in [-0.15, -0.1) is 0 Å². The number of hydrogen-bond donors (Lipinski definition) is 1. The standard InChI is InChI=1S/C14H16ClIN2O2/c1-14(2,3)12-13(20)18(7-11(19)17-12)10-5-4-8(15)6-9(10)16/h4-6,12H,7H2,1-3H3,(H,17,19). The van der Waals surface area contributed by atoms with Gasteiger partial charge in [-0.2, -0.15) is 0 Å². The van der Waals surface area contributed by atoms with Gasteiger partial charge in [0.15, 0.2) is 0 Å². The molecular weight excluding hydrogens is 391 g/mol. The third-order valence-corrected chi connectivity index (χ3v) is 4.29. The first kappa shape index (κ1) is 15.6. The quantitative estimate of drug-likeness (QED) is 0.729. The Morgan fingerprint density at radius 2 is 2.00 bits per heavy atom. The molecule has 0 spiro atoms. The van der Waals surface area contributed by atoms with E-state index in [-0.39, 0.29) is 23.8 Å². The Labute approximate surface area is 137 Å². The average Bonchev–Trinajstić information content (AvgIpc) is 2.31. The largest absolute Gasteiger partial charge is 0.342 e. The van der Waals surface area contributed by atoms with Gasteiger partial charge in [0.1, 0.15) is 12.6 Å². The minimum absolute atomic E-state index is 0.0447. The van der Waals surface area contributed by atoms with Gasteiger partial charge in [-0.1, -0.05) is 32.4 Å². The molecule has 1 unspecified atom stereocenters. The van der Waals surface area contributed by atoms with Crippen molar-refractivity contribution in [3.63, 3.8) is 0 Å². The van der Waals surface area contributed by atoms with E-state index in [1.165, 1.54) is 4.90 Å². The minimum atomic E-state index is -0.518. The number of nitrogens with one attached hydrogen (secondary N) is 1. The van der Waals surface area contributed by atoms with E-state index in [9.17, 15) is 9.59 Å². The van der Waals surface area contributed by atoms with Crippen LogP contribution < -0.4 is 10.2 Å². The van der Waals surface area contributed by atoms with Gasteiger partial charge in [0, 0.05) is 8.59 Å². The maximum atomic E-state index is 12.6. The fourth-order valence-electron chi connectivity index (χ4n) is 2.14. The molecule has 2 rings (SSSR count). The Bertz CT molecular complexity index is 569. The molecule has 20 heavy (non-hydrogen) atoms. The van der Waals surface area contributed by atoms with Gasteiger partial charge >= 0.3 is 0 Å². The molecule has 0 saturated carbocycles. The maximum Gasteiger partial charge on any atom is 0.250 e. The summed E-state index contributed by atoms with van der Waals surface area (Å²) in [7, 11) is 0. The van der Waals surface area contributed by atoms with E-state index in [1.54, 1.807) is 18.2 Å². The topological polar surface area (TPSA) is 49.4 Å². The predicted octanol–water partition coefficient (Wildman–Crippen LogP) is 2.82. The van der Waals surface area contributed by atoms with Crippen molar-refractivity contribution < 1.29 is 9.59 Å². The number of amides is 2. The van der Waals surface area contributed by atoms with Crippen molar-refractivity contribution >= 4 is 51.7 Å². The zero-order valence-corrected chi connectivity index (χ0v) is 14.4. The molecule has 1 atom stereocenters. The number of carbonyl (C=O) groups is 2. The summed E-state index contributed by atoms with van der Waals surface area (Å²) in [5, 5.41) is 3.39. The lowest BCUT2D eigenvalue weighted by molar-refractivity contribution is -0.133. The number of carbonyl (C=O) groups excluding carboxylic acids is 2. The van der Waals surface area contributed by atoms with Gasteiger partial charge in [-0.05, 0) is 46.2 Å². The molecule has 1 aromatic carbocycles. The van der Waals surface area contributed by atoms with Crippen molar-refractivity contribution in [2.45, 2.75) is 26.8 Å². The number of rotatable bonds is 1. The number of piperazine rings is 1. The van der Waals surface area contributed by atoms with Crippen molar-refractivity contribution in [1.82, 2.24) is 5.32 Å². The molecule has 1 heterocycles. The van der Waals surface area contributed by atoms with Gasteiger partial charge in [0.2, 0.25) is 5.91 Å². The molecule has 1 aromatic rings. The van der Waals surface area contributed by atoms with Crippen molar-refractivity contribution in [3.8, 4) is 0 Å². The summed E-state index contributed by atoms with van der Waals surface area (Å²) >= 11 is 8.06. The smallest absolute Gasteiger partial charge is 0.250 e. The van der Waals surface area contributed by atoms with E-state index in [1.807, 2.05) is 20.8 Å². The second-order valence-electron chi connectivity index (χ2n) is 5.89. The van der Waals surface area contributed by atoms with E-state index in [0.29, 0.717) is 5.02 Å². The van der Waals surface area contributed by atoms with E-state index < -0.39 is 6.04 Å². The highest BCUT2D eigenvalue weighted by molar-refractivity contribution is 14.1. The van der Waals surface area contributed by atoms with Gasteiger partial charge in [-0.3, -0.25) is 9.59 Å². The van der Waals surface area contributed by atoms with Gasteiger partial charge in [0.25, 0.3) is 5.91 Å². The van der Waals surface area contributed by atoms with Gasteiger partial charge in [-0.25, -0.2) is 0 Å². The molecule has 1 aliphatic rings. The van der Waals surface area contributed by atoms with Crippen molar-refractivity contribution in [2.75, 3.05) is 11.4 Å². The first-order valence-corrected chi connectivity index (χ1v) is 7.71. The fraction of sp³-hybridized carbons (Fsp3) is 0.429. The Balaban J connectivity index is 2.40. The maximum absolute atomic E-state index is 12.6. The molecule has 1 N–H and O–H groups in total. The van der Waals surface area contributed by atoms with Crippen LogP contribution in [0.15, 0.2) is 18.2 Å². The van der Waals surface area contributed by atoms with Crippen LogP contribution in [-0.2, 0) is 9.59 Å². The van der Waals surface area contributed by atoms with Crippen LogP contribution in [0.4, 0.5) is 5.69 Å². The lowest BCUT2D eigenvalue weighted by Gasteiger charge is -2.39. The van der Waals surface area contributed by atoms with Crippen LogP contribution in [0.1, 0.15) is 20.8 Å². The van der Waals surface area contributed by atoms with Crippen molar-refractivity contribution in [1.29, 1.82) is 0 Å². The summed E-state index contributed by atoms with van der Waals surface area (Å²) in [4.78, 5) is 26.1. The second kappa shape index (κ2) is 5.52. The van der Waals surface area contributed by atoms with Crippen LogP contribution in [-0.4, -0.2) is 24.4 Å². The van der Waals surface area contributed by atoms with E-state index in [4.69, 9.17) is 11.6 Å². The lowest BCUT2D eigenvalue weighted by atomic mass is 9.84. The molecule has 6 heteroatoms. The van der Waals surface area contributed by atoms with E-state index in [0.717, 1.165) is 9.26 Å². The molecule has 0 aliphatic carbocycles. The Morgan fingerprint density at radius 1 is 1.35 bits per heavy atom. The molecule has 1 saturated heterocycles. The average molecular weight is 407 g/mol. The molecular formula is C14H16ClIN2O2. The highest BCUT2D eigenvalue weighted by atomic mass is 127. The molecule has 1 fully saturated rings. The fourth-order valence-corrected chi connectivity index (χ4v) is 3.30. The summed E-state index contributed by atoms with van der Waals surface area (Å²) in [6, 6.07) is 4.77. The molecule has 0 bridgehead atoms. The molecule has 1 aliphatic heterocycles. The zero-order valence-electron chi connectivity index (χ0n) is 11.5. The highest BCUT2D eigenvalue weighted by Crippen LogP contribution is 2.30. The van der Waals surface area contributed by atoms with Crippen LogP contribution in [0.3, 0.4) is 0 Å². The van der Waals surface area contributed by atoms with E-state index in [2.05, 4.69) is 27.9 Å². The lowest BCUT2D eigenvalue weighted by Crippen LogP contribution is -2.62. The number of nitrogens with zero attached hydrogens (tertiary/aromatic N) is 1. The summed E-state index contributed by atoms with van der Waals surface area (Å²) in [5.41, 5.74) is 0.396. The van der Waals surface area contributed by atoms with Crippen molar-refractivity contribution in [2.24, 2.45) is 5.41 Å². The number of hydrogen-bond acceptors (Lipinski definition) is 2. The Hall–Kier alpha value is -0.820. The first-order chi connectivity index (χ1) is 9.20.